The Hall–Kier alpha value is -3.06. The summed E-state index contributed by atoms with van der Waals surface area (Å²) >= 11 is 0. The fourth-order valence-electron chi connectivity index (χ4n) is 2.76. The fraction of sp³-hybridized carbons (Fsp3) is 0.333. The second-order valence-electron chi connectivity index (χ2n) is 6.92. The van der Waals surface area contributed by atoms with Crippen LogP contribution in [0.2, 0.25) is 0 Å². The number of nitrogens with one attached hydrogen (secondary N) is 2. The Kier molecular flexibility index (Phi) is 5.62. The number of hydrogen-bond donors (Lipinski definition) is 2. The van der Waals surface area contributed by atoms with E-state index in [2.05, 4.69) is 34.7 Å². The SMILES string of the molecule is O=S(=O)(NCC(Nc1ncc(-c2noc(C(F)(F)F)n2)cn1)c1ccccc1)C1CC1. The van der Waals surface area contributed by atoms with Crippen molar-refractivity contribution in [3.63, 3.8) is 0 Å². The van der Waals surface area contributed by atoms with Crippen LogP contribution in [0.4, 0.5) is 19.1 Å². The topological polar surface area (TPSA) is 123 Å². The van der Waals surface area contributed by atoms with Gasteiger partial charge < -0.3 is 9.84 Å². The number of alkyl halides is 3. The van der Waals surface area contributed by atoms with Gasteiger partial charge in [0.25, 0.3) is 0 Å². The van der Waals surface area contributed by atoms with Crippen molar-refractivity contribution in [3.05, 3.63) is 54.2 Å². The second-order valence-corrected chi connectivity index (χ2v) is 8.96. The zero-order valence-electron chi connectivity index (χ0n) is 15.9. The van der Waals surface area contributed by atoms with Crippen LogP contribution in [0.3, 0.4) is 0 Å². The Bertz CT molecular complexity index is 1130. The van der Waals surface area contributed by atoms with Gasteiger partial charge in [0.1, 0.15) is 0 Å². The van der Waals surface area contributed by atoms with E-state index in [-0.39, 0.29) is 29.1 Å². The number of benzene rings is 1. The Labute approximate surface area is 175 Å². The summed E-state index contributed by atoms with van der Waals surface area (Å²) in [6, 6.07) is 8.66. The lowest BCUT2D eigenvalue weighted by Gasteiger charge is -2.20. The van der Waals surface area contributed by atoms with Gasteiger partial charge in [0.15, 0.2) is 0 Å². The number of anilines is 1. The molecule has 0 radical (unpaired) electrons. The van der Waals surface area contributed by atoms with Crippen molar-refractivity contribution < 1.29 is 26.1 Å². The average Bonchev–Trinajstić information content (AvgIpc) is 3.49. The largest absolute Gasteiger partial charge is 0.471 e. The standard InChI is InChI=1S/C18H17F3N6O3S/c19-18(20,21)16-26-15(27-30-16)12-8-22-17(23-9-12)25-14(11-4-2-1-3-5-11)10-24-31(28,29)13-6-7-13/h1-5,8-9,13-14,24H,6-7,10H2,(H,22,23,25). The molecule has 1 unspecified atom stereocenters. The van der Waals surface area contributed by atoms with Gasteiger partial charge in [-0.1, -0.05) is 35.5 Å². The molecule has 1 fully saturated rings. The minimum Gasteiger partial charge on any atom is -0.346 e. The van der Waals surface area contributed by atoms with Crippen molar-refractivity contribution in [3.8, 4) is 11.4 Å². The molecule has 9 nitrogen and oxygen atoms in total. The Morgan fingerprint density at radius 3 is 2.39 bits per heavy atom. The number of nitrogens with zero attached hydrogens (tertiary/aromatic N) is 4. The van der Waals surface area contributed by atoms with E-state index in [1.54, 1.807) is 0 Å². The van der Waals surface area contributed by atoms with Crippen LogP contribution in [0.25, 0.3) is 11.4 Å². The Balaban J connectivity index is 1.49. The molecule has 0 bridgehead atoms. The summed E-state index contributed by atoms with van der Waals surface area (Å²) in [4.78, 5) is 11.5. The monoisotopic (exact) mass is 454 g/mol. The molecule has 2 aromatic heterocycles. The molecule has 13 heteroatoms. The van der Waals surface area contributed by atoms with Gasteiger partial charge in [0, 0.05) is 18.9 Å². The van der Waals surface area contributed by atoms with Gasteiger partial charge in [-0.25, -0.2) is 23.1 Å². The van der Waals surface area contributed by atoms with Crippen LogP contribution >= 0.6 is 0 Å². The lowest BCUT2D eigenvalue weighted by Crippen LogP contribution is -2.34. The molecule has 2 heterocycles. The van der Waals surface area contributed by atoms with E-state index in [0.29, 0.717) is 12.8 Å². The van der Waals surface area contributed by atoms with E-state index < -0.39 is 28.1 Å². The zero-order valence-corrected chi connectivity index (χ0v) is 16.7. The first-order valence-electron chi connectivity index (χ1n) is 9.25. The minimum absolute atomic E-state index is 0.0771. The van der Waals surface area contributed by atoms with Crippen LogP contribution in [0.5, 0.6) is 0 Å². The predicted molar refractivity (Wildman–Crippen MR) is 103 cm³/mol. The van der Waals surface area contributed by atoms with Gasteiger partial charge >= 0.3 is 12.1 Å². The van der Waals surface area contributed by atoms with E-state index in [1.807, 2.05) is 30.3 Å². The first-order chi connectivity index (χ1) is 14.7. The molecular weight excluding hydrogens is 437 g/mol. The maximum absolute atomic E-state index is 12.6. The van der Waals surface area contributed by atoms with Gasteiger partial charge in [0.2, 0.25) is 21.8 Å². The van der Waals surface area contributed by atoms with E-state index in [0.717, 1.165) is 5.56 Å². The second kappa shape index (κ2) is 8.23. The molecule has 1 aromatic carbocycles. The van der Waals surface area contributed by atoms with Crippen LogP contribution in [0.15, 0.2) is 47.2 Å². The van der Waals surface area contributed by atoms with Crippen LogP contribution in [-0.4, -0.2) is 40.3 Å². The molecule has 1 saturated carbocycles. The number of halogens is 3. The molecule has 0 saturated heterocycles. The van der Waals surface area contributed by atoms with Crippen molar-refractivity contribution in [1.29, 1.82) is 0 Å². The highest BCUT2D eigenvalue weighted by molar-refractivity contribution is 7.90. The number of hydrogen-bond acceptors (Lipinski definition) is 8. The molecule has 0 spiro atoms. The first-order valence-corrected chi connectivity index (χ1v) is 10.8. The molecule has 3 aromatic rings. The third-order valence-electron chi connectivity index (χ3n) is 4.54. The summed E-state index contributed by atoms with van der Waals surface area (Å²) in [6.45, 7) is 0.0771. The third-order valence-corrected chi connectivity index (χ3v) is 6.45. The lowest BCUT2D eigenvalue weighted by atomic mass is 10.1. The minimum atomic E-state index is -4.75. The fourth-order valence-corrected chi connectivity index (χ4v) is 4.15. The molecule has 164 valence electrons. The molecule has 0 aliphatic heterocycles. The van der Waals surface area contributed by atoms with Gasteiger partial charge in [-0.15, -0.1) is 0 Å². The van der Waals surface area contributed by atoms with E-state index >= 15 is 0 Å². The average molecular weight is 454 g/mol. The van der Waals surface area contributed by atoms with Crippen molar-refractivity contribution in [2.45, 2.75) is 30.3 Å². The summed E-state index contributed by atoms with van der Waals surface area (Å²) in [5.41, 5.74) is 0.942. The molecule has 1 atom stereocenters. The number of rotatable bonds is 8. The van der Waals surface area contributed by atoms with Crippen molar-refractivity contribution in [1.82, 2.24) is 24.8 Å². The summed E-state index contributed by atoms with van der Waals surface area (Å²) in [7, 11) is -3.38. The third kappa shape index (κ3) is 5.17. The molecule has 1 aliphatic carbocycles. The first kappa shape index (κ1) is 21.2. The molecule has 0 amide bonds. The normalized spacial score (nSPS) is 15.6. The highest BCUT2D eigenvalue weighted by Crippen LogP contribution is 2.30. The predicted octanol–water partition coefficient (Wildman–Crippen LogP) is 2.78. The van der Waals surface area contributed by atoms with Crippen molar-refractivity contribution in [2.24, 2.45) is 0 Å². The van der Waals surface area contributed by atoms with Crippen LogP contribution in [0, 0.1) is 0 Å². The Morgan fingerprint density at radius 1 is 1.13 bits per heavy atom. The molecule has 1 aliphatic rings. The number of aromatic nitrogens is 4. The maximum atomic E-state index is 12.6. The van der Waals surface area contributed by atoms with E-state index in [9.17, 15) is 21.6 Å². The van der Waals surface area contributed by atoms with Crippen LogP contribution in [0.1, 0.15) is 30.3 Å². The summed E-state index contributed by atoms with van der Waals surface area (Å²) in [6.07, 6.45) is -0.956. The summed E-state index contributed by atoms with van der Waals surface area (Å²) in [5.74, 6) is -1.60. The Morgan fingerprint density at radius 2 is 1.81 bits per heavy atom. The quantitative estimate of drug-likeness (QED) is 0.533. The number of sulfonamides is 1. The van der Waals surface area contributed by atoms with Gasteiger partial charge in [-0.3, -0.25) is 0 Å². The summed E-state index contributed by atoms with van der Waals surface area (Å²) in [5, 5.41) is 5.98. The molecule has 2 N–H and O–H groups in total. The van der Waals surface area contributed by atoms with Gasteiger partial charge in [-0.2, -0.15) is 18.2 Å². The van der Waals surface area contributed by atoms with E-state index in [4.69, 9.17) is 0 Å². The maximum Gasteiger partial charge on any atom is 0.471 e. The lowest BCUT2D eigenvalue weighted by molar-refractivity contribution is -0.159. The summed E-state index contributed by atoms with van der Waals surface area (Å²) < 4.78 is 69.0. The van der Waals surface area contributed by atoms with Crippen molar-refractivity contribution >= 4 is 16.0 Å². The van der Waals surface area contributed by atoms with Gasteiger partial charge in [0.05, 0.1) is 16.9 Å². The molecule has 4 rings (SSSR count). The smallest absolute Gasteiger partial charge is 0.346 e. The van der Waals surface area contributed by atoms with E-state index in [1.165, 1.54) is 12.4 Å². The zero-order chi connectivity index (χ0) is 22.1. The molecular formula is C18H17F3N6O3S. The van der Waals surface area contributed by atoms with Gasteiger partial charge in [-0.05, 0) is 18.4 Å². The highest BCUT2D eigenvalue weighted by atomic mass is 32.2. The van der Waals surface area contributed by atoms with Crippen LogP contribution < -0.4 is 10.0 Å². The van der Waals surface area contributed by atoms with Crippen LogP contribution in [-0.2, 0) is 16.2 Å². The highest BCUT2D eigenvalue weighted by Gasteiger charge is 2.38. The van der Waals surface area contributed by atoms with Crippen molar-refractivity contribution in [2.75, 3.05) is 11.9 Å². The molecule has 31 heavy (non-hydrogen) atoms.